The van der Waals surface area contributed by atoms with Crippen LogP contribution in [0, 0.1) is 0 Å². The summed E-state index contributed by atoms with van der Waals surface area (Å²) in [4.78, 5) is 13.8. The van der Waals surface area contributed by atoms with Crippen LogP contribution < -0.4 is 0 Å². The number of carbonyl (C=O) groups excluding carboxylic acids is 1. The van der Waals surface area contributed by atoms with Gasteiger partial charge in [-0.05, 0) is 31.0 Å². The number of amides is 1. The van der Waals surface area contributed by atoms with Crippen molar-refractivity contribution in [2.45, 2.75) is 19.8 Å². The maximum atomic E-state index is 12.1. The van der Waals surface area contributed by atoms with Crippen LogP contribution in [-0.2, 0) is 11.2 Å². The van der Waals surface area contributed by atoms with Gasteiger partial charge < -0.3 is 10.0 Å². The lowest BCUT2D eigenvalue weighted by Gasteiger charge is -2.21. The predicted octanol–water partition coefficient (Wildman–Crippen LogP) is 2.77. The van der Waals surface area contributed by atoms with Crippen molar-refractivity contribution in [2.75, 3.05) is 19.7 Å². The van der Waals surface area contributed by atoms with E-state index < -0.39 is 0 Å². The number of aliphatic hydroxyl groups is 1. The van der Waals surface area contributed by atoms with E-state index in [1.165, 1.54) is 0 Å². The number of nitrogens with zero attached hydrogens (tertiary/aromatic N) is 1. The third-order valence-corrected chi connectivity index (χ3v) is 3.42. The van der Waals surface area contributed by atoms with Gasteiger partial charge in [-0.25, -0.2) is 0 Å². The van der Waals surface area contributed by atoms with Crippen LogP contribution in [0.3, 0.4) is 0 Å². The van der Waals surface area contributed by atoms with Gasteiger partial charge in [0.2, 0.25) is 5.91 Å². The van der Waals surface area contributed by atoms with Gasteiger partial charge in [0, 0.05) is 29.7 Å². The van der Waals surface area contributed by atoms with Crippen molar-refractivity contribution in [3.8, 4) is 0 Å². The molecule has 1 aromatic carbocycles. The van der Waals surface area contributed by atoms with Crippen LogP contribution in [-0.4, -0.2) is 35.6 Å². The minimum absolute atomic E-state index is 0.0269. The zero-order valence-electron chi connectivity index (χ0n) is 10.3. The molecule has 0 unspecified atom stereocenters. The van der Waals surface area contributed by atoms with Gasteiger partial charge in [0.25, 0.3) is 0 Å². The van der Waals surface area contributed by atoms with Gasteiger partial charge >= 0.3 is 0 Å². The fourth-order valence-electron chi connectivity index (χ4n) is 1.68. The Hall–Kier alpha value is -0.770. The maximum Gasteiger partial charge on any atom is 0.227 e. The molecule has 0 saturated carbocycles. The van der Waals surface area contributed by atoms with E-state index in [4.69, 9.17) is 28.3 Å². The molecule has 1 rings (SSSR count). The number of halogens is 2. The van der Waals surface area contributed by atoms with Crippen molar-refractivity contribution in [2.24, 2.45) is 0 Å². The molecular weight excluding hydrogens is 273 g/mol. The second-order valence-electron chi connectivity index (χ2n) is 3.93. The number of rotatable bonds is 6. The lowest BCUT2D eigenvalue weighted by atomic mass is 10.1. The number of carbonyl (C=O) groups is 1. The van der Waals surface area contributed by atoms with Gasteiger partial charge in [0.15, 0.2) is 0 Å². The van der Waals surface area contributed by atoms with E-state index >= 15 is 0 Å². The Kier molecular flexibility index (Phi) is 6.47. The molecule has 0 atom stereocenters. The van der Waals surface area contributed by atoms with Gasteiger partial charge in [-0.1, -0.05) is 29.3 Å². The molecule has 100 valence electrons. The van der Waals surface area contributed by atoms with Crippen molar-refractivity contribution in [1.29, 1.82) is 0 Å². The van der Waals surface area contributed by atoms with Crippen LogP contribution in [0.15, 0.2) is 18.2 Å². The molecule has 0 aromatic heterocycles. The summed E-state index contributed by atoms with van der Waals surface area (Å²) in [6.07, 6.45) is 0.771. The largest absolute Gasteiger partial charge is 0.396 e. The molecule has 1 aromatic rings. The Bertz CT molecular complexity index is 390. The van der Waals surface area contributed by atoms with Crippen LogP contribution in [0.25, 0.3) is 0 Å². The molecule has 0 aliphatic heterocycles. The molecule has 0 aliphatic carbocycles. The van der Waals surface area contributed by atoms with Crippen molar-refractivity contribution < 1.29 is 9.90 Å². The highest BCUT2D eigenvalue weighted by Gasteiger charge is 2.15. The summed E-state index contributed by atoms with van der Waals surface area (Å²) in [5.74, 6) is -0.0269. The highest BCUT2D eigenvalue weighted by molar-refractivity contribution is 6.36. The van der Waals surface area contributed by atoms with Crippen molar-refractivity contribution in [1.82, 2.24) is 4.90 Å². The van der Waals surface area contributed by atoms with Gasteiger partial charge in [0.1, 0.15) is 0 Å². The quantitative estimate of drug-likeness (QED) is 0.875. The highest BCUT2D eigenvalue weighted by Crippen LogP contribution is 2.25. The molecule has 5 heteroatoms. The molecule has 0 bridgehead atoms. The summed E-state index contributed by atoms with van der Waals surface area (Å²) in [5, 5.41) is 9.81. The van der Waals surface area contributed by atoms with Gasteiger partial charge in [-0.15, -0.1) is 0 Å². The molecule has 0 fully saturated rings. The number of likely N-dealkylation sites (N-methyl/N-ethyl adjacent to an activating group) is 1. The summed E-state index contributed by atoms with van der Waals surface area (Å²) >= 11 is 12.1. The van der Waals surface area contributed by atoms with Crippen LogP contribution in [0.5, 0.6) is 0 Å². The first kappa shape index (κ1) is 15.3. The third-order valence-electron chi connectivity index (χ3n) is 2.71. The van der Waals surface area contributed by atoms with Crippen LogP contribution in [0.2, 0.25) is 10.0 Å². The van der Waals surface area contributed by atoms with E-state index in [0.717, 1.165) is 0 Å². The van der Waals surface area contributed by atoms with Gasteiger partial charge in [-0.2, -0.15) is 0 Å². The van der Waals surface area contributed by atoms with E-state index in [-0.39, 0.29) is 18.9 Å². The Labute approximate surface area is 117 Å². The predicted molar refractivity (Wildman–Crippen MR) is 74.1 cm³/mol. The van der Waals surface area contributed by atoms with Crippen LogP contribution >= 0.6 is 23.2 Å². The van der Waals surface area contributed by atoms with E-state index in [1.807, 2.05) is 6.92 Å². The number of hydrogen-bond donors (Lipinski definition) is 1. The summed E-state index contributed by atoms with van der Waals surface area (Å²) in [7, 11) is 0. The monoisotopic (exact) mass is 289 g/mol. The first-order valence-electron chi connectivity index (χ1n) is 5.91. The topological polar surface area (TPSA) is 40.5 Å². The second-order valence-corrected chi connectivity index (χ2v) is 4.74. The third kappa shape index (κ3) is 4.16. The zero-order chi connectivity index (χ0) is 13.5. The van der Waals surface area contributed by atoms with Gasteiger partial charge in [-0.3, -0.25) is 4.79 Å². The zero-order valence-corrected chi connectivity index (χ0v) is 11.8. The number of benzene rings is 1. The molecular formula is C13H17Cl2NO2. The molecule has 0 radical (unpaired) electrons. The van der Waals surface area contributed by atoms with Crippen LogP contribution in [0.4, 0.5) is 0 Å². The molecule has 18 heavy (non-hydrogen) atoms. The highest BCUT2D eigenvalue weighted by atomic mass is 35.5. The fraction of sp³-hybridized carbons (Fsp3) is 0.462. The molecule has 1 N–H and O–H groups in total. The van der Waals surface area contributed by atoms with Crippen molar-refractivity contribution in [3.05, 3.63) is 33.8 Å². The van der Waals surface area contributed by atoms with Gasteiger partial charge in [0.05, 0.1) is 6.42 Å². The average Bonchev–Trinajstić information content (AvgIpc) is 2.35. The lowest BCUT2D eigenvalue weighted by Crippen LogP contribution is -2.33. The van der Waals surface area contributed by atoms with Crippen LogP contribution in [0.1, 0.15) is 18.9 Å². The normalized spacial score (nSPS) is 10.4. The Morgan fingerprint density at radius 1 is 1.33 bits per heavy atom. The molecule has 0 heterocycles. The first-order valence-corrected chi connectivity index (χ1v) is 6.67. The standard InChI is InChI=1S/C13H17Cl2NO2/c1-2-16(7-4-8-17)13(18)9-10-11(14)5-3-6-12(10)15/h3,5-6,17H,2,4,7-9H2,1H3. The second kappa shape index (κ2) is 7.62. The molecule has 0 aliphatic rings. The minimum Gasteiger partial charge on any atom is -0.396 e. The lowest BCUT2D eigenvalue weighted by molar-refractivity contribution is -0.130. The SMILES string of the molecule is CCN(CCCO)C(=O)Cc1c(Cl)cccc1Cl. The van der Waals surface area contributed by atoms with E-state index in [1.54, 1.807) is 23.1 Å². The molecule has 0 spiro atoms. The molecule has 0 saturated heterocycles. The summed E-state index contributed by atoms with van der Waals surface area (Å²) in [5.41, 5.74) is 0.660. The molecule has 1 amide bonds. The van der Waals surface area contributed by atoms with Crippen molar-refractivity contribution in [3.63, 3.8) is 0 Å². The van der Waals surface area contributed by atoms with E-state index in [9.17, 15) is 4.79 Å². The minimum atomic E-state index is -0.0269. The number of aliphatic hydroxyl groups excluding tert-OH is 1. The maximum absolute atomic E-state index is 12.1. The Morgan fingerprint density at radius 3 is 2.44 bits per heavy atom. The van der Waals surface area contributed by atoms with E-state index in [2.05, 4.69) is 0 Å². The Morgan fingerprint density at radius 2 is 1.94 bits per heavy atom. The summed E-state index contributed by atoms with van der Waals surface area (Å²) in [6, 6.07) is 5.20. The smallest absolute Gasteiger partial charge is 0.227 e. The van der Waals surface area contributed by atoms with Crippen molar-refractivity contribution >= 4 is 29.1 Å². The Balaban J connectivity index is 2.73. The summed E-state index contributed by atoms with van der Waals surface area (Å²) in [6.45, 7) is 3.15. The number of hydrogen-bond acceptors (Lipinski definition) is 2. The van der Waals surface area contributed by atoms with E-state index in [0.29, 0.717) is 35.1 Å². The fourth-order valence-corrected chi connectivity index (χ4v) is 2.22. The first-order chi connectivity index (χ1) is 8.60. The average molecular weight is 290 g/mol. The summed E-state index contributed by atoms with van der Waals surface area (Å²) < 4.78 is 0. The molecule has 3 nitrogen and oxygen atoms in total.